The van der Waals surface area contributed by atoms with Crippen LogP contribution in [0.15, 0.2) is 11.0 Å². The molecule has 1 fully saturated rings. The van der Waals surface area contributed by atoms with Gasteiger partial charge in [-0.2, -0.15) is 4.31 Å². The number of hydrogen-bond acceptors (Lipinski definition) is 5. The molecule has 1 saturated heterocycles. The van der Waals surface area contributed by atoms with Gasteiger partial charge in [0.1, 0.15) is 0 Å². The summed E-state index contributed by atoms with van der Waals surface area (Å²) in [5, 5.41) is 11.6. The number of amides is 2. The van der Waals surface area contributed by atoms with Crippen molar-refractivity contribution in [2.75, 3.05) is 32.7 Å². The fourth-order valence-electron chi connectivity index (χ4n) is 2.34. The Hall–Kier alpha value is -1.65. The first-order valence-electron chi connectivity index (χ1n) is 7.14. The zero-order valence-corrected chi connectivity index (χ0v) is 14.5. The Labute approximate surface area is 138 Å². The molecule has 1 aromatic heterocycles. The first kappa shape index (κ1) is 17.7. The van der Waals surface area contributed by atoms with E-state index in [-0.39, 0.29) is 37.0 Å². The maximum Gasteiger partial charge on any atom is 0.407 e. The second-order valence-corrected chi connectivity index (χ2v) is 8.23. The Morgan fingerprint density at radius 3 is 2.43 bits per heavy atom. The van der Waals surface area contributed by atoms with Crippen molar-refractivity contribution in [1.82, 2.24) is 14.5 Å². The fraction of sp³-hybridized carbons (Fsp3) is 0.538. The van der Waals surface area contributed by atoms with E-state index < -0.39 is 16.1 Å². The number of piperazine rings is 1. The van der Waals surface area contributed by atoms with E-state index in [1.54, 1.807) is 13.8 Å². The SMILES string of the molecule is CCNC(=O)c1cc(S(=O)(=O)N2CCN(C(=O)O)CC2)c(C)s1. The van der Waals surface area contributed by atoms with E-state index in [2.05, 4.69) is 5.32 Å². The van der Waals surface area contributed by atoms with Crippen LogP contribution in [0.5, 0.6) is 0 Å². The summed E-state index contributed by atoms with van der Waals surface area (Å²) in [6.45, 7) is 4.42. The molecular formula is C13H19N3O5S2. The van der Waals surface area contributed by atoms with Crippen LogP contribution in [0.1, 0.15) is 21.5 Å². The number of sulfonamides is 1. The minimum absolute atomic E-state index is 0.112. The number of rotatable bonds is 4. The van der Waals surface area contributed by atoms with E-state index in [0.29, 0.717) is 16.3 Å². The zero-order valence-electron chi connectivity index (χ0n) is 12.9. The smallest absolute Gasteiger partial charge is 0.407 e. The van der Waals surface area contributed by atoms with Crippen molar-refractivity contribution >= 4 is 33.4 Å². The lowest BCUT2D eigenvalue weighted by molar-refractivity contribution is 0.0959. The van der Waals surface area contributed by atoms with Crippen LogP contribution < -0.4 is 5.32 Å². The quantitative estimate of drug-likeness (QED) is 0.824. The highest BCUT2D eigenvalue weighted by atomic mass is 32.2. The van der Waals surface area contributed by atoms with E-state index >= 15 is 0 Å². The normalized spacial score (nSPS) is 16.3. The molecule has 2 rings (SSSR count). The largest absolute Gasteiger partial charge is 0.465 e. The first-order chi connectivity index (χ1) is 10.8. The molecular weight excluding hydrogens is 342 g/mol. The third-order valence-electron chi connectivity index (χ3n) is 3.56. The van der Waals surface area contributed by atoms with Crippen LogP contribution in [0, 0.1) is 6.92 Å². The molecule has 2 heterocycles. The van der Waals surface area contributed by atoms with Crippen LogP contribution in [0.25, 0.3) is 0 Å². The van der Waals surface area contributed by atoms with E-state index in [1.165, 1.54) is 15.3 Å². The fourth-order valence-corrected chi connectivity index (χ4v) is 5.24. The molecule has 0 spiro atoms. The summed E-state index contributed by atoms with van der Waals surface area (Å²) in [5.74, 6) is -0.294. The molecule has 1 aliphatic heterocycles. The summed E-state index contributed by atoms with van der Waals surface area (Å²) in [4.78, 5) is 24.9. The van der Waals surface area contributed by atoms with Crippen LogP contribution >= 0.6 is 11.3 Å². The second-order valence-electron chi connectivity index (χ2n) is 5.06. The average Bonchev–Trinajstić information content (AvgIpc) is 2.90. The maximum absolute atomic E-state index is 12.7. The molecule has 0 unspecified atom stereocenters. The minimum Gasteiger partial charge on any atom is -0.465 e. The Kier molecular flexibility index (Phi) is 5.27. The summed E-state index contributed by atoms with van der Waals surface area (Å²) in [6.07, 6.45) is -1.05. The number of nitrogens with zero attached hydrogens (tertiary/aromatic N) is 2. The van der Waals surface area contributed by atoms with Crippen molar-refractivity contribution in [3.05, 3.63) is 15.8 Å². The third-order valence-corrected chi connectivity index (χ3v) is 6.76. The van der Waals surface area contributed by atoms with E-state index in [1.807, 2.05) is 0 Å². The van der Waals surface area contributed by atoms with Crippen molar-refractivity contribution in [1.29, 1.82) is 0 Å². The Morgan fingerprint density at radius 1 is 1.30 bits per heavy atom. The number of carbonyl (C=O) groups excluding carboxylic acids is 1. The average molecular weight is 361 g/mol. The zero-order chi connectivity index (χ0) is 17.2. The predicted octanol–water partition coefficient (Wildman–Crippen LogP) is 0.791. The number of nitrogens with one attached hydrogen (secondary N) is 1. The number of carboxylic acid groups (broad SMARTS) is 1. The van der Waals surface area contributed by atoms with Crippen LogP contribution in [-0.2, 0) is 10.0 Å². The van der Waals surface area contributed by atoms with Gasteiger partial charge in [-0.05, 0) is 19.9 Å². The molecule has 0 saturated carbocycles. The van der Waals surface area contributed by atoms with Crippen LogP contribution in [-0.4, -0.2) is 67.5 Å². The van der Waals surface area contributed by atoms with Crippen molar-refractivity contribution in [3.8, 4) is 0 Å². The summed E-state index contributed by atoms with van der Waals surface area (Å²) in [5.41, 5.74) is 0. The molecule has 2 amide bonds. The first-order valence-corrected chi connectivity index (χ1v) is 9.39. The molecule has 0 aromatic carbocycles. The molecule has 2 N–H and O–H groups in total. The van der Waals surface area contributed by atoms with E-state index in [9.17, 15) is 18.0 Å². The number of carbonyl (C=O) groups is 2. The number of aryl methyl sites for hydroxylation is 1. The highest BCUT2D eigenvalue weighted by molar-refractivity contribution is 7.89. The lowest BCUT2D eigenvalue weighted by atomic mass is 10.4. The van der Waals surface area contributed by atoms with E-state index in [0.717, 1.165) is 11.3 Å². The number of hydrogen-bond donors (Lipinski definition) is 2. The van der Waals surface area contributed by atoms with Gasteiger partial charge in [-0.3, -0.25) is 4.79 Å². The molecule has 10 heteroatoms. The minimum atomic E-state index is -3.73. The Balaban J connectivity index is 2.20. The molecule has 1 aliphatic rings. The molecule has 0 atom stereocenters. The maximum atomic E-state index is 12.7. The monoisotopic (exact) mass is 361 g/mol. The molecule has 0 bridgehead atoms. The second kappa shape index (κ2) is 6.85. The summed E-state index contributed by atoms with van der Waals surface area (Å²) < 4.78 is 26.7. The number of thiophene rings is 1. The molecule has 0 radical (unpaired) electrons. The molecule has 1 aromatic rings. The van der Waals surface area contributed by atoms with Crippen LogP contribution in [0.2, 0.25) is 0 Å². The van der Waals surface area contributed by atoms with Gasteiger partial charge >= 0.3 is 6.09 Å². The highest BCUT2D eigenvalue weighted by Gasteiger charge is 2.32. The van der Waals surface area contributed by atoms with Gasteiger partial charge in [0.05, 0.1) is 9.77 Å². The summed E-state index contributed by atoms with van der Waals surface area (Å²) >= 11 is 1.14. The van der Waals surface area contributed by atoms with Gasteiger partial charge in [0.15, 0.2) is 0 Å². The Bertz CT molecular complexity index is 705. The predicted molar refractivity (Wildman–Crippen MR) is 85.4 cm³/mol. The van der Waals surface area contributed by atoms with Gasteiger partial charge < -0.3 is 15.3 Å². The molecule has 128 valence electrons. The third kappa shape index (κ3) is 3.65. The van der Waals surface area contributed by atoms with Crippen LogP contribution in [0.4, 0.5) is 4.79 Å². The molecule has 8 nitrogen and oxygen atoms in total. The molecule has 23 heavy (non-hydrogen) atoms. The molecule has 0 aliphatic carbocycles. The van der Waals surface area contributed by atoms with Crippen molar-refractivity contribution in [2.24, 2.45) is 0 Å². The summed E-state index contributed by atoms with van der Waals surface area (Å²) in [7, 11) is -3.73. The van der Waals surface area contributed by atoms with Gasteiger partial charge in [-0.15, -0.1) is 11.3 Å². The topological polar surface area (TPSA) is 107 Å². The van der Waals surface area contributed by atoms with E-state index in [4.69, 9.17) is 5.11 Å². The lowest BCUT2D eigenvalue weighted by Crippen LogP contribution is -2.50. The van der Waals surface area contributed by atoms with Gasteiger partial charge in [0.2, 0.25) is 10.0 Å². The Morgan fingerprint density at radius 2 is 1.91 bits per heavy atom. The lowest BCUT2D eigenvalue weighted by Gasteiger charge is -2.32. The standard InChI is InChI=1S/C13H19N3O5S2/c1-3-14-12(17)10-8-11(9(2)22-10)23(20,21)16-6-4-15(5-7-16)13(18)19/h8H,3-7H2,1-2H3,(H,14,17)(H,18,19). The van der Waals surface area contributed by atoms with Gasteiger partial charge in [-0.25, -0.2) is 13.2 Å². The van der Waals surface area contributed by atoms with Crippen LogP contribution in [0.3, 0.4) is 0 Å². The van der Waals surface area contributed by atoms with Gasteiger partial charge in [0, 0.05) is 37.6 Å². The highest BCUT2D eigenvalue weighted by Crippen LogP contribution is 2.28. The van der Waals surface area contributed by atoms with Gasteiger partial charge in [0.25, 0.3) is 5.91 Å². The van der Waals surface area contributed by atoms with Crippen molar-refractivity contribution in [3.63, 3.8) is 0 Å². The van der Waals surface area contributed by atoms with Crippen molar-refractivity contribution in [2.45, 2.75) is 18.7 Å². The van der Waals surface area contributed by atoms with Crippen molar-refractivity contribution < 1.29 is 23.1 Å². The van der Waals surface area contributed by atoms with Gasteiger partial charge in [-0.1, -0.05) is 0 Å². The summed E-state index contributed by atoms with van der Waals surface area (Å²) in [6, 6.07) is 1.39.